The SMILES string of the molecule is O=C(Nc1ccccc1)c1ccc(NCC2C3Cc4ccccc4C23)nn1. The lowest BCUT2D eigenvalue weighted by Crippen LogP contribution is -2.15. The normalized spacial score (nSPS) is 21.9. The number of nitrogens with zero attached hydrogens (tertiary/aromatic N) is 2. The molecule has 3 aromatic rings. The smallest absolute Gasteiger partial charge is 0.276 e. The molecule has 1 fully saturated rings. The Morgan fingerprint density at radius 1 is 0.963 bits per heavy atom. The van der Waals surface area contributed by atoms with Gasteiger partial charge in [0.2, 0.25) is 0 Å². The molecule has 2 N–H and O–H groups in total. The topological polar surface area (TPSA) is 66.9 Å². The molecule has 0 spiro atoms. The van der Waals surface area contributed by atoms with Crippen molar-refractivity contribution in [2.75, 3.05) is 17.2 Å². The van der Waals surface area contributed by atoms with Gasteiger partial charge in [-0.3, -0.25) is 4.79 Å². The quantitative estimate of drug-likeness (QED) is 0.731. The third-order valence-corrected chi connectivity index (χ3v) is 5.65. The number of carbonyl (C=O) groups is 1. The van der Waals surface area contributed by atoms with Crippen LogP contribution in [0.15, 0.2) is 66.7 Å². The second kappa shape index (κ2) is 6.50. The highest BCUT2D eigenvalue weighted by molar-refractivity contribution is 6.02. The summed E-state index contributed by atoms with van der Waals surface area (Å²) in [5, 5.41) is 14.4. The van der Waals surface area contributed by atoms with Crippen molar-refractivity contribution in [2.24, 2.45) is 11.8 Å². The van der Waals surface area contributed by atoms with Gasteiger partial charge in [0.1, 0.15) is 5.82 Å². The first-order valence-corrected chi connectivity index (χ1v) is 9.31. The van der Waals surface area contributed by atoms with Crippen molar-refractivity contribution >= 4 is 17.4 Å². The number of benzene rings is 2. The second-order valence-corrected chi connectivity index (χ2v) is 7.26. The van der Waals surface area contributed by atoms with E-state index in [1.807, 2.05) is 36.4 Å². The van der Waals surface area contributed by atoms with Gasteiger partial charge in [-0.05, 0) is 59.6 Å². The molecule has 0 aliphatic heterocycles. The van der Waals surface area contributed by atoms with Crippen molar-refractivity contribution < 1.29 is 4.79 Å². The summed E-state index contributed by atoms with van der Waals surface area (Å²) in [6.45, 7) is 0.897. The van der Waals surface area contributed by atoms with E-state index in [1.54, 1.807) is 6.07 Å². The predicted molar refractivity (Wildman–Crippen MR) is 105 cm³/mol. The van der Waals surface area contributed by atoms with E-state index in [-0.39, 0.29) is 5.91 Å². The van der Waals surface area contributed by atoms with Gasteiger partial charge in [0, 0.05) is 12.2 Å². The molecule has 0 radical (unpaired) electrons. The Kier molecular flexibility index (Phi) is 3.85. The summed E-state index contributed by atoms with van der Waals surface area (Å²) in [5.41, 5.74) is 4.08. The summed E-state index contributed by atoms with van der Waals surface area (Å²) in [6.07, 6.45) is 1.19. The van der Waals surface area contributed by atoms with Crippen LogP contribution in [0.2, 0.25) is 0 Å². The number of hydrogen-bond donors (Lipinski definition) is 2. The largest absolute Gasteiger partial charge is 0.368 e. The molecule has 3 atom stereocenters. The van der Waals surface area contributed by atoms with Gasteiger partial charge in [0.15, 0.2) is 5.69 Å². The van der Waals surface area contributed by atoms with Crippen LogP contribution in [0.5, 0.6) is 0 Å². The van der Waals surface area contributed by atoms with Crippen LogP contribution in [0, 0.1) is 11.8 Å². The van der Waals surface area contributed by atoms with Crippen molar-refractivity contribution in [1.29, 1.82) is 0 Å². The molecule has 1 aromatic heterocycles. The van der Waals surface area contributed by atoms with Crippen LogP contribution in [-0.4, -0.2) is 22.6 Å². The van der Waals surface area contributed by atoms with Gasteiger partial charge in [0.25, 0.3) is 5.91 Å². The minimum Gasteiger partial charge on any atom is -0.368 e. The molecule has 0 bridgehead atoms. The molecule has 1 saturated carbocycles. The first kappa shape index (κ1) is 16.0. The molecule has 5 nitrogen and oxygen atoms in total. The maximum absolute atomic E-state index is 12.2. The van der Waals surface area contributed by atoms with E-state index in [9.17, 15) is 4.79 Å². The van der Waals surface area contributed by atoms with Crippen molar-refractivity contribution in [3.63, 3.8) is 0 Å². The average Bonchev–Trinajstić information content (AvgIpc) is 3.25. The molecule has 3 unspecified atom stereocenters. The van der Waals surface area contributed by atoms with Crippen LogP contribution in [-0.2, 0) is 6.42 Å². The fourth-order valence-electron chi connectivity index (χ4n) is 4.25. The molecular formula is C22H20N4O. The summed E-state index contributed by atoms with van der Waals surface area (Å²) in [4.78, 5) is 12.2. The second-order valence-electron chi connectivity index (χ2n) is 7.26. The zero-order valence-corrected chi connectivity index (χ0v) is 14.8. The Balaban J connectivity index is 1.17. The molecule has 2 aromatic carbocycles. The summed E-state index contributed by atoms with van der Waals surface area (Å²) >= 11 is 0. The molecule has 27 heavy (non-hydrogen) atoms. The van der Waals surface area contributed by atoms with E-state index in [1.165, 1.54) is 17.5 Å². The number of aromatic nitrogens is 2. The summed E-state index contributed by atoms with van der Waals surface area (Å²) in [6, 6.07) is 21.6. The summed E-state index contributed by atoms with van der Waals surface area (Å²) in [7, 11) is 0. The van der Waals surface area contributed by atoms with Crippen molar-refractivity contribution in [1.82, 2.24) is 10.2 Å². The number of hydrogen-bond acceptors (Lipinski definition) is 4. The Hall–Kier alpha value is -3.21. The van der Waals surface area contributed by atoms with Gasteiger partial charge in [-0.1, -0.05) is 42.5 Å². The number of nitrogens with one attached hydrogen (secondary N) is 2. The first-order chi connectivity index (χ1) is 13.3. The lowest BCUT2D eigenvalue weighted by molar-refractivity contribution is 0.102. The fraction of sp³-hybridized carbons (Fsp3) is 0.227. The zero-order chi connectivity index (χ0) is 18.2. The number of amides is 1. The van der Waals surface area contributed by atoms with E-state index in [0.29, 0.717) is 23.3 Å². The van der Waals surface area contributed by atoms with Gasteiger partial charge >= 0.3 is 0 Å². The number of anilines is 2. The Morgan fingerprint density at radius 3 is 2.59 bits per heavy atom. The lowest BCUT2D eigenvalue weighted by atomic mass is 10.0. The molecule has 2 aliphatic carbocycles. The molecule has 1 amide bonds. The van der Waals surface area contributed by atoms with Crippen LogP contribution in [0.25, 0.3) is 0 Å². The molecule has 5 heteroatoms. The van der Waals surface area contributed by atoms with E-state index >= 15 is 0 Å². The maximum atomic E-state index is 12.2. The Labute approximate surface area is 157 Å². The fourth-order valence-corrected chi connectivity index (χ4v) is 4.25. The van der Waals surface area contributed by atoms with E-state index in [2.05, 4.69) is 45.1 Å². The van der Waals surface area contributed by atoms with Crippen LogP contribution in [0.1, 0.15) is 27.5 Å². The third kappa shape index (κ3) is 3.05. The monoisotopic (exact) mass is 356 g/mol. The minimum absolute atomic E-state index is 0.256. The first-order valence-electron chi connectivity index (χ1n) is 9.31. The van der Waals surface area contributed by atoms with Crippen LogP contribution < -0.4 is 10.6 Å². The van der Waals surface area contributed by atoms with Crippen LogP contribution >= 0.6 is 0 Å². The highest BCUT2D eigenvalue weighted by Crippen LogP contribution is 2.61. The molecule has 134 valence electrons. The van der Waals surface area contributed by atoms with E-state index in [4.69, 9.17) is 0 Å². The van der Waals surface area contributed by atoms with Crippen molar-refractivity contribution in [3.8, 4) is 0 Å². The molecular weight excluding hydrogens is 336 g/mol. The van der Waals surface area contributed by atoms with Gasteiger partial charge in [-0.15, -0.1) is 10.2 Å². The predicted octanol–water partition coefficient (Wildman–Crippen LogP) is 3.73. The van der Waals surface area contributed by atoms with Gasteiger partial charge < -0.3 is 10.6 Å². The van der Waals surface area contributed by atoms with E-state index in [0.717, 1.165) is 18.2 Å². The average molecular weight is 356 g/mol. The standard InChI is InChI=1S/C22H20N4O/c27-22(24-15-7-2-1-3-8-15)19-10-11-20(26-25-19)23-13-18-17-12-14-6-4-5-9-16(14)21(17)18/h1-11,17-18,21H,12-13H2,(H,23,26)(H,24,27). The molecule has 2 aliphatic rings. The molecule has 1 heterocycles. The van der Waals surface area contributed by atoms with Gasteiger partial charge in [-0.25, -0.2) is 0 Å². The number of fused-ring (bicyclic) bond motifs is 3. The molecule has 0 saturated heterocycles. The van der Waals surface area contributed by atoms with E-state index < -0.39 is 0 Å². The number of para-hydroxylation sites is 1. The molecule has 5 rings (SSSR count). The number of rotatable bonds is 5. The maximum Gasteiger partial charge on any atom is 0.276 e. The highest BCUT2D eigenvalue weighted by atomic mass is 16.1. The van der Waals surface area contributed by atoms with Crippen molar-refractivity contribution in [2.45, 2.75) is 12.3 Å². The number of carbonyl (C=O) groups excluding carboxylic acids is 1. The van der Waals surface area contributed by atoms with Crippen molar-refractivity contribution in [3.05, 3.63) is 83.6 Å². The summed E-state index contributed by atoms with van der Waals surface area (Å²) in [5.74, 6) is 2.58. The highest BCUT2D eigenvalue weighted by Gasteiger charge is 2.54. The minimum atomic E-state index is -0.256. The van der Waals surface area contributed by atoms with Crippen LogP contribution in [0.3, 0.4) is 0 Å². The third-order valence-electron chi connectivity index (χ3n) is 5.65. The van der Waals surface area contributed by atoms with Gasteiger partial charge in [-0.2, -0.15) is 0 Å². The lowest BCUT2D eigenvalue weighted by Gasteiger charge is -2.09. The summed E-state index contributed by atoms with van der Waals surface area (Å²) < 4.78 is 0. The Bertz CT molecular complexity index is 971. The van der Waals surface area contributed by atoms with Gasteiger partial charge in [0.05, 0.1) is 0 Å². The van der Waals surface area contributed by atoms with Crippen LogP contribution in [0.4, 0.5) is 11.5 Å². The Morgan fingerprint density at radius 2 is 1.78 bits per heavy atom. The zero-order valence-electron chi connectivity index (χ0n) is 14.8.